The van der Waals surface area contributed by atoms with Gasteiger partial charge in [0.25, 0.3) is 5.91 Å². The summed E-state index contributed by atoms with van der Waals surface area (Å²) < 4.78 is 27.0. The van der Waals surface area contributed by atoms with Crippen LogP contribution in [0.2, 0.25) is 0 Å². The molecule has 1 aliphatic rings. The maximum atomic E-state index is 12.3. The highest BCUT2D eigenvalue weighted by Crippen LogP contribution is 2.16. The Hall–Kier alpha value is -2.19. The minimum absolute atomic E-state index is 0.0518. The number of nitrogens with one attached hydrogen (secondary N) is 2. The average molecular weight is 334 g/mol. The molecule has 3 heterocycles. The zero-order chi connectivity index (χ0) is 16.3. The second-order valence-electron chi connectivity index (χ2n) is 5.39. The molecule has 3 rings (SSSR count). The number of aromatic amines is 1. The third kappa shape index (κ3) is 3.59. The normalized spacial score (nSPS) is 15.0. The molecular weight excluding hydrogens is 316 g/mol. The number of H-pyrrole nitrogens is 1. The average Bonchev–Trinajstić information content (AvgIpc) is 3.25. The van der Waals surface area contributed by atoms with Crippen molar-refractivity contribution >= 4 is 15.9 Å². The van der Waals surface area contributed by atoms with Gasteiger partial charge in [0.2, 0.25) is 10.0 Å². The van der Waals surface area contributed by atoms with E-state index in [4.69, 9.17) is 0 Å². The topological polar surface area (TPSA) is 95.2 Å². The number of aromatic nitrogens is 2. The lowest BCUT2D eigenvalue weighted by Crippen LogP contribution is -2.27. The van der Waals surface area contributed by atoms with E-state index in [1.54, 1.807) is 29.3 Å². The molecule has 1 amide bonds. The first-order chi connectivity index (χ1) is 11.1. The molecule has 1 saturated heterocycles. The second kappa shape index (κ2) is 6.51. The van der Waals surface area contributed by atoms with Crippen LogP contribution in [0.5, 0.6) is 0 Å². The highest BCUT2D eigenvalue weighted by atomic mass is 32.2. The first-order valence-electron chi connectivity index (χ1n) is 7.43. The van der Waals surface area contributed by atoms with Crippen LogP contribution in [0.4, 0.5) is 0 Å². The van der Waals surface area contributed by atoms with Gasteiger partial charge in [-0.25, -0.2) is 13.1 Å². The van der Waals surface area contributed by atoms with Crippen LogP contribution in [0.1, 0.15) is 29.0 Å². The molecule has 0 saturated carbocycles. The summed E-state index contributed by atoms with van der Waals surface area (Å²) >= 11 is 0. The highest BCUT2D eigenvalue weighted by Gasteiger charge is 2.23. The standard InChI is InChI=1S/C15H18N4O3S/c20-15(19-7-3-4-8-19)14-9-13(11-17-14)23(21,22)18-10-12-5-1-2-6-16-12/h1-2,5-6,9,11,17-18H,3-4,7-8,10H2. The smallest absolute Gasteiger partial charge is 0.270 e. The molecule has 0 unspecified atom stereocenters. The predicted molar refractivity (Wildman–Crippen MR) is 84.2 cm³/mol. The fraction of sp³-hybridized carbons (Fsp3) is 0.333. The summed E-state index contributed by atoms with van der Waals surface area (Å²) in [6.07, 6.45) is 4.92. The number of sulfonamides is 1. The summed E-state index contributed by atoms with van der Waals surface area (Å²) in [5.74, 6) is -0.159. The van der Waals surface area contributed by atoms with Gasteiger partial charge in [0.15, 0.2) is 0 Å². The molecule has 2 aromatic heterocycles. The molecular formula is C15H18N4O3S. The summed E-state index contributed by atoms with van der Waals surface area (Å²) in [6, 6.07) is 6.67. The molecule has 1 fully saturated rings. The van der Waals surface area contributed by atoms with Gasteiger partial charge in [0, 0.05) is 25.5 Å². The number of likely N-dealkylation sites (tertiary alicyclic amines) is 1. The van der Waals surface area contributed by atoms with E-state index in [1.165, 1.54) is 12.3 Å². The van der Waals surface area contributed by atoms with Crippen molar-refractivity contribution in [2.45, 2.75) is 24.3 Å². The Bertz CT molecular complexity index is 780. The largest absolute Gasteiger partial charge is 0.356 e. The Morgan fingerprint density at radius 1 is 1.30 bits per heavy atom. The molecule has 2 N–H and O–H groups in total. The van der Waals surface area contributed by atoms with Gasteiger partial charge in [-0.3, -0.25) is 9.78 Å². The Kier molecular flexibility index (Phi) is 4.44. The van der Waals surface area contributed by atoms with E-state index in [9.17, 15) is 13.2 Å². The van der Waals surface area contributed by atoms with Crippen LogP contribution in [0.15, 0.2) is 41.6 Å². The van der Waals surface area contributed by atoms with E-state index in [0.717, 1.165) is 25.9 Å². The first-order valence-corrected chi connectivity index (χ1v) is 8.92. The molecule has 0 atom stereocenters. The molecule has 0 radical (unpaired) electrons. The highest BCUT2D eigenvalue weighted by molar-refractivity contribution is 7.89. The molecule has 23 heavy (non-hydrogen) atoms. The summed E-state index contributed by atoms with van der Waals surface area (Å²) in [7, 11) is -3.69. The lowest BCUT2D eigenvalue weighted by molar-refractivity contribution is 0.0787. The van der Waals surface area contributed by atoms with Crippen LogP contribution in [-0.4, -0.2) is 42.3 Å². The number of rotatable bonds is 5. The number of carbonyl (C=O) groups excluding carboxylic acids is 1. The summed E-state index contributed by atoms with van der Waals surface area (Å²) in [4.78, 5) is 20.8. The van der Waals surface area contributed by atoms with E-state index in [2.05, 4.69) is 14.7 Å². The van der Waals surface area contributed by atoms with Crippen molar-refractivity contribution in [3.05, 3.63) is 48.0 Å². The Balaban J connectivity index is 1.69. The number of hydrogen-bond acceptors (Lipinski definition) is 4. The van der Waals surface area contributed by atoms with Crippen LogP contribution in [0, 0.1) is 0 Å². The van der Waals surface area contributed by atoms with Crippen LogP contribution in [-0.2, 0) is 16.6 Å². The number of nitrogens with zero attached hydrogens (tertiary/aromatic N) is 2. The zero-order valence-electron chi connectivity index (χ0n) is 12.5. The van der Waals surface area contributed by atoms with E-state index in [1.807, 2.05) is 0 Å². The molecule has 0 bridgehead atoms. The van der Waals surface area contributed by atoms with Gasteiger partial charge in [-0.2, -0.15) is 0 Å². The van der Waals surface area contributed by atoms with Crippen LogP contribution in [0.3, 0.4) is 0 Å². The van der Waals surface area contributed by atoms with Crippen molar-refractivity contribution in [1.82, 2.24) is 19.6 Å². The summed E-state index contributed by atoms with van der Waals surface area (Å²) in [5.41, 5.74) is 0.921. The molecule has 122 valence electrons. The molecule has 0 spiro atoms. The van der Waals surface area contributed by atoms with Gasteiger partial charge in [-0.15, -0.1) is 0 Å². The Morgan fingerprint density at radius 3 is 2.78 bits per heavy atom. The van der Waals surface area contributed by atoms with Gasteiger partial charge >= 0.3 is 0 Å². The third-order valence-electron chi connectivity index (χ3n) is 3.76. The summed E-state index contributed by atoms with van der Waals surface area (Å²) in [6.45, 7) is 1.54. The molecule has 0 aromatic carbocycles. The fourth-order valence-corrected chi connectivity index (χ4v) is 3.49. The minimum Gasteiger partial charge on any atom is -0.356 e. The molecule has 8 heteroatoms. The fourth-order valence-electron chi connectivity index (χ4n) is 2.50. The maximum absolute atomic E-state index is 12.3. The minimum atomic E-state index is -3.69. The lowest BCUT2D eigenvalue weighted by atomic mass is 10.4. The van der Waals surface area contributed by atoms with Crippen molar-refractivity contribution in [3.63, 3.8) is 0 Å². The Labute approximate surface area is 134 Å². The van der Waals surface area contributed by atoms with Crippen LogP contribution < -0.4 is 4.72 Å². The molecule has 7 nitrogen and oxygen atoms in total. The van der Waals surface area contributed by atoms with Crippen molar-refractivity contribution < 1.29 is 13.2 Å². The van der Waals surface area contributed by atoms with E-state index < -0.39 is 10.0 Å². The quantitative estimate of drug-likeness (QED) is 0.857. The van der Waals surface area contributed by atoms with Gasteiger partial charge < -0.3 is 9.88 Å². The van der Waals surface area contributed by atoms with Crippen molar-refractivity contribution in [1.29, 1.82) is 0 Å². The van der Waals surface area contributed by atoms with Crippen LogP contribution in [0.25, 0.3) is 0 Å². The molecule has 1 aliphatic heterocycles. The van der Waals surface area contributed by atoms with E-state index in [0.29, 0.717) is 11.4 Å². The maximum Gasteiger partial charge on any atom is 0.270 e. The number of hydrogen-bond donors (Lipinski definition) is 2. The van der Waals surface area contributed by atoms with Crippen molar-refractivity contribution in [3.8, 4) is 0 Å². The third-order valence-corrected chi connectivity index (χ3v) is 5.14. The van der Waals surface area contributed by atoms with Gasteiger partial charge in [0.1, 0.15) is 10.6 Å². The number of carbonyl (C=O) groups is 1. The second-order valence-corrected chi connectivity index (χ2v) is 7.16. The monoisotopic (exact) mass is 334 g/mol. The van der Waals surface area contributed by atoms with Crippen molar-refractivity contribution in [2.24, 2.45) is 0 Å². The zero-order valence-corrected chi connectivity index (χ0v) is 13.3. The van der Waals surface area contributed by atoms with Gasteiger partial charge in [-0.05, 0) is 31.0 Å². The predicted octanol–water partition coefficient (Wildman–Crippen LogP) is 1.12. The number of amides is 1. The van der Waals surface area contributed by atoms with E-state index >= 15 is 0 Å². The molecule has 2 aromatic rings. The molecule has 0 aliphatic carbocycles. The SMILES string of the molecule is O=C(c1cc(S(=O)(=O)NCc2ccccn2)c[nH]1)N1CCCC1. The Morgan fingerprint density at radius 2 is 2.09 bits per heavy atom. The van der Waals surface area contributed by atoms with Crippen LogP contribution >= 0.6 is 0 Å². The van der Waals surface area contributed by atoms with Gasteiger partial charge in [-0.1, -0.05) is 6.07 Å². The van der Waals surface area contributed by atoms with Gasteiger partial charge in [0.05, 0.1) is 12.2 Å². The summed E-state index contributed by atoms with van der Waals surface area (Å²) in [5, 5.41) is 0. The van der Waals surface area contributed by atoms with E-state index in [-0.39, 0.29) is 17.3 Å². The van der Waals surface area contributed by atoms with Crippen molar-refractivity contribution in [2.75, 3.05) is 13.1 Å². The number of pyridine rings is 1. The first kappa shape index (κ1) is 15.7. The lowest BCUT2D eigenvalue weighted by Gasteiger charge is -2.13.